The first-order valence-corrected chi connectivity index (χ1v) is 12.3. The van der Waals surface area contributed by atoms with Crippen molar-refractivity contribution in [3.63, 3.8) is 0 Å². The highest BCUT2D eigenvalue weighted by Gasteiger charge is 2.46. The largest absolute Gasteiger partial charge is 0.497 e. The number of hydrogen-bond acceptors (Lipinski definition) is 6. The van der Waals surface area contributed by atoms with E-state index in [1.165, 1.54) is 12.1 Å². The zero-order chi connectivity index (χ0) is 23.6. The highest BCUT2D eigenvalue weighted by molar-refractivity contribution is 7.86. The second-order valence-corrected chi connectivity index (χ2v) is 9.72. The molecule has 0 bridgehead atoms. The van der Waals surface area contributed by atoms with E-state index in [0.717, 1.165) is 28.7 Å². The molecule has 4 rings (SSSR count). The van der Waals surface area contributed by atoms with Gasteiger partial charge in [-0.05, 0) is 58.7 Å². The Hall–Kier alpha value is -3.43. The minimum Gasteiger partial charge on any atom is -0.497 e. The third kappa shape index (κ3) is 4.99. The lowest BCUT2D eigenvalue weighted by atomic mass is 9.83. The maximum Gasteiger partial charge on any atom is 0.306 e. The number of carbonyl (C=O) groups is 1. The summed E-state index contributed by atoms with van der Waals surface area (Å²) in [5.41, 5.74) is 2.15. The highest BCUT2D eigenvalue weighted by atomic mass is 32.2. The lowest BCUT2D eigenvalue weighted by Crippen LogP contribution is -2.45. The Kier molecular flexibility index (Phi) is 6.09. The molecule has 9 heteroatoms. The van der Waals surface area contributed by atoms with Gasteiger partial charge in [0.15, 0.2) is 5.11 Å². The molecule has 7 nitrogen and oxygen atoms in total. The minimum atomic E-state index is -3.72. The van der Waals surface area contributed by atoms with Crippen LogP contribution in [0.4, 0.5) is 0 Å². The van der Waals surface area contributed by atoms with Crippen molar-refractivity contribution in [2.75, 3.05) is 13.4 Å². The molecule has 3 aromatic rings. The fourth-order valence-corrected chi connectivity index (χ4v) is 4.60. The van der Waals surface area contributed by atoms with Crippen molar-refractivity contribution in [1.82, 2.24) is 10.6 Å². The first-order valence-electron chi connectivity index (χ1n) is 10.1. The molecule has 33 heavy (non-hydrogen) atoms. The lowest BCUT2D eigenvalue weighted by molar-refractivity contribution is -0.124. The van der Waals surface area contributed by atoms with Crippen molar-refractivity contribution in [3.8, 4) is 22.6 Å². The van der Waals surface area contributed by atoms with E-state index in [1.807, 2.05) is 48.5 Å². The molecule has 1 saturated heterocycles. The van der Waals surface area contributed by atoms with E-state index in [9.17, 15) is 13.2 Å². The Morgan fingerprint density at radius 3 is 2.27 bits per heavy atom. The van der Waals surface area contributed by atoms with Gasteiger partial charge in [-0.1, -0.05) is 48.5 Å². The van der Waals surface area contributed by atoms with Gasteiger partial charge in [0.05, 0.1) is 13.4 Å². The van der Waals surface area contributed by atoms with Crippen molar-refractivity contribution >= 4 is 33.4 Å². The zero-order valence-corrected chi connectivity index (χ0v) is 19.6. The number of methoxy groups -OCH3 is 1. The Morgan fingerprint density at radius 1 is 0.939 bits per heavy atom. The smallest absolute Gasteiger partial charge is 0.306 e. The third-order valence-corrected chi connectivity index (χ3v) is 6.01. The molecule has 1 aliphatic rings. The summed E-state index contributed by atoms with van der Waals surface area (Å²) in [4.78, 5) is 13.1. The normalized spacial score (nSPS) is 17.9. The van der Waals surface area contributed by atoms with Crippen LogP contribution in [-0.2, 0) is 26.9 Å². The monoisotopic (exact) mass is 482 g/mol. The SMILES string of the molecule is COc1cccc(-c2cccc(CC3(c4cccc(OS(C)(=O)=O)c4)NC(=S)NC3=O)c2)c1. The second-order valence-electron chi connectivity index (χ2n) is 7.74. The van der Waals surface area contributed by atoms with Gasteiger partial charge in [-0.25, -0.2) is 0 Å². The van der Waals surface area contributed by atoms with E-state index in [4.69, 9.17) is 21.1 Å². The molecule has 2 N–H and O–H groups in total. The van der Waals surface area contributed by atoms with Gasteiger partial charge in [0.2, 0.25) is 0 Å². The molecule has 0 aromatic heterocycles. The maximum absolute atomic E-state index is 13.1. The van der Waals surface area contributed by atoms with Crippen LogP contribution < -0.4 is 19.6 Å². The van der Waals surface area contributed by atoms with Crippen LogP contribution >= 0.6 is 12.2 Å². The second kappa shape index (κ2) is 8.84. The minimum absolute atomic E-state index is 0.118. The summed E-state index contributed by atoms with van der Waals surface area (Å²) in [5.74, 6) is 0.543. The Labute approximate surface area is 197 Å². The number of benzene rings is 3. The van der Waals surface area contributed by atoms with Gasteiger partial charge >= 0.3 is 10.1 Å². The van der Waals surface area contributed by atoms with Gasteiger partial charge in [0.25, 0.3) is 5.91 Å². The molecule has 1 aliphatic heterocycles. The van der Waals surface area contributed by atoms with E-state index >= 15 is 0 Å². The van der Waals surface area contributed by atoms with Crippen molar-refractivity contribution in [2.24, 2.45) is 0 Å². The van der Waals surface area contributed by atoms with Crippen LogP contribution in [0.5, 0.6) is 11.5 Å². The first kappa shape index (κ1) is 22.8. The van der Waals surface area contributed by atoms with Crippen LogP contribution in [0.3, 0.4) is 0 Å². The van der Waals surface area contributed by atoms with E-state index < -0.39 is 15.7 Å². The molecular weight excluding hydrogens is 460 g/mol. The number of ether oxygens (including phenoxy) is 1. The first-order chi connectivity index (χ1) is 15.7. The average Bonchev–Trinajstić information content (AvgIpc) is 3.06. The summed E-state index contributed by atoms with van der Waals surface area (Å²) in [6.45, 7) is 0. The molecule has 0 radical (unpaired) electrons. The fourth-order valence-electron chi connectivity index (χ4n) is 3.88. The molecule has 0 spiro atoms. The standard InChI is InChI=1S/C24H22N2O5S2/c1-30-20-10-4-8-18(13-20)17-7-3-6-16(12-17)15-24(22(27)25-23(32)26-24)19-9-5-11-21(14-19)31-33(2,28)29/h3-14H,15H2,1-2H3,(H2,25,26,27,32). The maximum atomic E-state index is 13.1. The van der Waals surface area contributed by atoms with Gasteiger partial charge in [-0.15, -0.1) is 0 Å². The molecule has 1 heterocycles. The van der Waals surface area contributed by atoms with Crippen molar-refractivity contribution in [3.05, 3.63) is 83.9 Å². The summed E-state index contributed by atoms with van der Waals surface area (Å²) in [6, 6.07) is 22.0. The Bertz CT molecular complexity index is 1340. The van der Waals surface area contributed by atoms with Gasteiger partial charge in [0, 0.05) is 6.42 Å². The zero-order valence-electron chi connectivity index (χ0n) is 18.0. The molecule has 1 unspecified atom stereocenters. The molecular formula is C24H22N2O5S2. The summed E-state index contributed by atoms with van der Waals surface area (Å²) in [5, 5.41) is 5.96. The van der Waals surface area contributed by atoms with Crippen LogP contribution in [0, 0.1) is 0 Å². The van der Waals surface area contributed by atoms with Crippen molar-refractivity contribution in [2.45, 2.75) is 12.0 Å². The topological polar surface area (TPSA) is 93.7 Å². The molecule has 0 saturated carbocycles. The molecule has 3 aromatic carbocycles. The van der Waals surface area contributed by atoms with Crippen molar-refractivity contribution < 1.29 is 22.1 Å². The van der Waals surface area contributed by atoms with Gasteiger partial charge in [-0.2, -0.15) is 8.42 Å². The predicted octanol–water partition coefficient (Wildman–Crippen LogP) is 3.14. The number of rotatable bonds is 7. The molecule has 170 valence electrons. The number of amides is 1. The third-order valence-electron chi connectivity index (χ3n) is 5.32. The number of nitrogens with one attached hydrogen (secondary N) is 2. The Morgan fingerprint density at radius 2 is 1.61 bits per heavy atom. The van der Waals surface area contributed by atoms with Crippen LogP contribution in [0.15, 0.2) is 72.8 Å². The van der Waals surface area contributed by atoms with Crippen LogP contribution in [-0.4, -0.2) is 32.8 Å². The number of carbonyl (C=O) groups excluding carboxylic acids is 1. The van der Waals surface area contributed by atoms with E-state index in [-0.39, 0.29) is 23.2 Å². The summed E-state index contributed by atoms with van der Waals surface area (Å²) < 4.78 is 33.5. The Balaban J connectivity index is 1.74. The molecule has 1 fully saturated rings. The summed E-state index contributed by atoms with van der Waals surface area (Å²) >= 11 is 5.23. The van der Waals surface area contributed by atoms with Crippen LogP contribution in [0.2, 0.25) is 0 Å². The van der Waals surface area contributed by atoms with E-state index in [2.05, 4.69) is 10.6 Å². The lowest BCUT2D eigenvalue weighted by Gasteiger charge is -2.28. The molecule has 0 aliphatic carbocycles. The molecule has 1 atom stereocenters. The van der Waals surface area contributed by atoms with E-state index in [0.29, 0.717) is 5.56 Å². The highest BCUT2D eigenvalue weighted by Crippen LogP contribution is 2.33. The number of thiocarbonyl (C=S) groups is 1. The summed E-state index contributed by atoms with van der Waals surface area (Å²) in [7, 11) is -2.10. The predicted molar refractivity (Wildman–Crippen MR) is 130 cm³/mol. The van der Waals surface area contributed by atoms with Crippen LogP contribution in [0.1, 0.15) is 11.1 Å². The van der Waals surface area contributed by atoms with Crippen molar-refractivity contribution in [1.29, 1.82) is 0 Å². The van der Waals surface area contributed by atoms with Gasteiger partial charge < -0.3 is 19.6 Å². The summed E-state index contributed by atoms with van der Waals surface area (Å²) in [6.07, 6.45) is 1.24. The fraction of sp³-hybridized carbons (Fsp3) is 0.167. The number of hydrogen-bond donors (Lipinski definition) is 2. The van der Waals surface area contributed by atoms with Gasteiger partial charge in [-0.3, -0.25) is 4.79 Å². The molecule has 1 amide bonds. The van der Waals surface area contributed by atoms with Gasteiger partial charge in [0.1, 0.15) is 17.0 Å². The quantitative estimate of drug-likeness (QED) is 0.395. The van der Waals surface area contributed by atoms with E-state index in [1.54, 1.807) is 19.2 Å². The average molecular weight is 483 g/mol. The van der Waals surface area contributed by atoms with Crippen LogP contribution in [0.25, 0.3) is 11.1 Å².